The summed E-state index contributed by atoms with van der Waals surface area (Å²) in [5, 5.41) is 0. The van der Waals surface area contributed by atoms with Crippen molar-refractivity contribution in [3.63, 3.8) is 0 Å². The molecule has 0 saturated carbocycles. The number of hydrogen-bond donors (Lipinski definition) is 1. The van der Waals surface area contributed by atoms with Gasteiger partial charge in [-0.25, -0.2) is 0 Å². The van der Waals surface area contributed by atoms with Gasteiger partial charge in [0.1, 0.15) is 0 Å². The summed E-state index contributed by atoms with van der Waals surface area (Å²) in [4.78, 5) is 13.3. The Labute approximate surface area is 47.9 Å². The van der Waals surface area contributed by atoms with E-state index in [2.05, 4.69) is 4.99 Å². The molecule has 0 radical (unpaired) electrons. The molecule has 0 aliphatic rings. The quantitative estimate of drug-likeness (QED) is 0.312. The van der Waals surface area contributed by atoms with Crippen LogP contribution in [0.2, 0.25) is 0 Å². The largest absolute Gasteiger partial charge is 0.395 e. The normalized spacial score (nSPS) is 12.4. The molecule has 0 fully saturated rings. The number of aldehydes is 1. The van der Waals surface area contributed by atoms with Crippen LogP contribution < -0.4 is 5.73 Å². The van der Waals surface area contributed by atoms with Crippen molar-refractivity contribution < 1.29 is 4.79 Å². The molecule has 3 heteroatoms. The lowest BCUT2D eigenvalue weighted by Crippen LogP contribution is -1.95. The SMILES string of the molecule is CC=N/C=C(\N)C=O. The van der Waals surface area contributed by atoms with Crippen LogP contribution in [0.5, 0.6) is 0 Å². The lowest BCUT2D eigenvalue weighted by atomic mass is 10.5. The predicted molar refractivity (Wildman–Crippen MR) is 32.5 cm³/mol. The van der Waals surface area contributed by atoms with E-state index in [9.17, 15) is 4.79 Å². The molecule has 0 aliphatic heterocycles. The Morgan fingerprint density at radius 3 is 2.75 bits per heavy atom. The van der Waals surface area contributed by atoms with Gasteiger partial charge < -0.3 is 5.73 Å². The monoisotopic (exact) mass is 112 g/mol. The maximum atomic E-state index is 9.74. The molecule has 0 bridgehead atoms. The summed E-state index contributed by atoms with van der Waals surface area (Å²) in [5.41, 5.74) is 5.18. The van der Waals surface area contributed by atoms with Gasteiger partial charge in [0.2, 0.25) is 0 Å². The van der Waals surface area contributed by atoms with E-state index < -0.39 is 0 Å². The Kier molecular flexibility index (Phi) is 3.48. The highest BCUT2D eigenvalue weighted by atomic mass is 16.1. The maximum absolute atomic E-state index is 9.74. The van der Waals surface area contributed by atoms with Crippen molar-refractivity contribution in [3.05, 3.63) is 11.9 Å². The Morgan fingerprint density at radius 1 is 1.75 bits per heavy atom. The summed E-state index contributed by atoms with van der Waals surface area (Å²) >= 11 is 0. The number of carbonyl (C=O) groups excluding carboxylic acids is 1. The van der Waals surface area contributed by atoms with Crippen molar-refractivity contribution in [3.8, 4) is 0 Å². The van der Waals surface area contributed by atoms with E-state index in [4.69, 9.17) is 5.73 Å². The molecule has 0 aliphatic carbocycles. The highest BCUT2D eigenvalue weighted by molar-refractivity contribution is 5.71. The number of nitrogens with zero attached hydrogens (tertiary/aromatic N) is 1. The molecule has 0 rings (SSSR count). The van der Waals surface area contributed by atoms with Crippen molar-refractivity contribution in [2.45, 2.75) is 6.92 Å². The molecule has 0 aromatic heterocycles. The van der Waals surface area contributed by atoms with Crippen molar-refractivity contribution >= 4 is 12.5 Å². The van der Waals surface area contributed by atoms with E-state index in [0.29, 0.717) is 6.29 Å². The van der Waals surface area contributed by atoms with Crippen molar-refractivity contribution in [2.24, 2.45) is 10.7 Å². The second-order valence-electron chi connectivity index (χ2n) is 1.15. The van der Waals surface area contributed by atoms with Crippen LogP contribution in [0, 0.1) is 0 Å². The van der Waals surface area contributed by atoms with Crippen LogP contribution in [0.25, 0.3) is 0 Å². The second kappa shape index (κ2) is 4.05. The third-order valence-corrected chi connectivity index (χ3v) is 0.509. The summed E-state index contributed by atoms with van der Waals surface area (Å²) < 4.78 is 0. The minimum atomic E-state index is 0.142. The average Bonchev–Trinajstić information content (AvgIpc) is 1.83. The fraction of sp³-hybridized carbons (Fsp3) is 0.200. The molecule has 0 atom stereocenters. The van der Waals surface area contributed by atoms with Crippen LogP contribution >= 0.6 is 0 Å². The predicted octanol–water partition coefficient (Wildman–Crippen LogP) is 0.0761. The number of allylic oxidation sites excluding steroid dienone is 1. The lowest BCUT2D eigenvalue weighted by molar-refractivity contribution is -0.104. The van der Waals surface area contributed by atoms with Gasteiger partial charge >= 0.3 is 0 Å². The summed E-state index contributed by atoms with van der Waals surface area (Å²) in [7, 11) is 0. The molecular formula is C5H8N2O. The highest BCUT2D eigenvalue weighted by Crippen LogP contribution is 1.75. The van der Waals surface area contributed by atoms with Crippen molar-refractivity contribution in [2.75, 3.05) is 0 Å². The zero-order valence-corrected chi connectivity index (χ0v) is 4.66. The van der Waals surface area contributed by atoms with Gasteiger partial charge in [-0.3, -0.25) is 9.79 Å². The van der Waals surface area contributed by atoms with Gasteiger partial charge in [0.05, 0.1) is 11.9 Å². The Hall–Kier alpha value is -1.12. The first kappa shape index (κ1) is 6.88. The van der Waals surface area contributed by atoms with Crippen LogP contribution in [0.4, 0.5) is 0 Å². The minimum absolute atomic E-state index is 0.142. The summed E-state index contributed by atoms with van der Waals surface area (Å²) in [6.45, 7) is 1.74. The van der Waals surface area contributed by atoms with Crippen LogP contribution in [0.15, 0.2) is 16.9 Å². The number of hydrogen-bond acceptors (Lipinski definition) is 3. The molecule has 0 aromatic carbocycles. The molecule has 3 nitrogen and oxygen atoms in total. The summed E-state index contributed by atoms with van der Waals surface area (Å²) in [6.07, 6.45) is 3.40. The third-order valence-electron chi connectivity index (χ3n) is 0.509. The standard InChI is InChI=1S/C5H8N2O/c1-2-7-3-5(6)4-8/h2-4H,6H2,1H3/b5-3-,7-2?. The van der Waals surface area contributed by atoms with E-state index in [-0.39, 0.29) is 5.70 Å². The van der Waals surface area contributed by atoms with E-state index >= 15 is 0 Å². The fourth-order valence-corrected chi connectivity index (χ4v) is 0.191. The summed E-state index contributed by atoms with van der Waals surface area (Å²) in [6, 6.07) is 0. The molecule has 0 saturated heterocycles. The van der Waals surface area contributed by atoms with Gasteiger partial charge in [-0.15, -0.1) is 0 Å². The van der Waals surface area contributed by atoms with Gasteiger partial charge in [0, 0.05) is 6.21 Å². The molecule has 0 amide bonds. The van der Waals surface area contributed by atoms with Crippen LogP contribution in [-0.4, -0.2) is 12.5 Å². The number of carbonyl (C=O) groups is 1. The maximum Gasteiger partial charge on any atom is 0.167 e. The molecule has 0 spiro atoms. The Bertz CT molecular complexity index is 126. The molecule has 0 aromatic rings. The van der Waals surface area contributed by atoms with E-state index in [1.807, 2.05) is 0 Å². The number of rotatable bonds is 2. The molecule has 2 N–H and O–H groups in total. The zero-order chi connectivity index (χ0) is 6.41. The fourth-order valence-electron chi connectivity index (χ4n) is 0.191. The molecule has 0 unspecified atom stereocenters. The van der Waals surface area contributed by atoms with Crippen molar-refractivity contribution in [1.82, 2.24) is 0 Å². The van der Waals surface area contributed by atoms with Gasteiger partial charge in [-0.05, 0) is 6.92 Å². The van der Waals surface area contributed by atoms with E-state index in [0.717, 1.165) is 0 Å². The molecule has 8 heavy (non-hydrogen) atoms. The van der Waals surface area contributed by atoms with E-state index in [1.165, 1.54) is 6.20 Å². The minimum Gasteiger partial charge on any atom is -0.395 e. The Balaban J connectivity index is 3.74. The first-order valence-electron chi connectivity index (χ1n) is 2.20. The topological polar surface area (TPSA) is 55.4 Å². The molecule has 44 valence electrons. The smallest absolute Gasteiger partial charge is 0.167 e. The van der Waals surface area contributed by atoms with Gasteiger partial charge in [-0.2, -0.15) is 0 Å². The van der Waals surface area contributed by atoms with E-state index in [1.54, 1.807) is 13.1 Å². The molecular weight excluding hydrogens is 104 g/mol. The van der Waals surface area contributed by atoms with Crippen molar-refractivity contribution in [1.29, 1.82) is 0 Å². The van der Waals surface area contributed by atoms with Crippen LogP contribution in [0.3, 0.4) is 0 Å². The van der Waals surface area contributed by atoms with Crippen LogP contribution in [-0.2, 0) is 4.79 Å². The second-order valence-corrected chi connectivity index (χ2v) is 1.15. The molecule has 0 heterocycles. The highest BCUT2D eigenvalue weighted by Gasteiger charge is 1.76. The lowest BCUT2D eigenvalue weighted by Gasteiger charge is -1.78. The van der Waals surface area contributed by atoms with Gasteiger partial charge in [0.15, 0.2) is 6.29 Å². The van der Waals surface area contributed by atoms with Gasteiger partial charge in [0.25, 0.3) is 0 Å². The van der Waals surface area contributed by atoms with Crippen LogP contribution in [0.1, 0.15) is 6.92 Å². The summed E-state index contributed by atoms with van der Waals surface area (Å²) in [5.74, 6) is 0. The Morgan fingerprint density at radius 2 is 2.38 bits per heavy atom. The average molecular weight is 112 g/mol. The first-order valence-corrected chi connectivity index (χ1v) is 2.20. The zero-order valence-electron chi connectivity index (χ0n) is 4.66. The first-order chi connectivity index (χ1) is 3.81. The third kappa shape index (κ3) is 3.08. The van der Waals surface area contributed by atoms with Gasteiger partial charge in [-0.1, -0.05) is 0 Å². The number of aliphatic imine (C=N–C) groups is 1. The number of nitrogens with two attached hydrogens (primary N) is 1.